The first-order chi connectivity index (χ1) is 5.61. The van der Waals surface area contributed by atoms with Gasteiger partial charge in [0.25, 0.3) is 0 Å². The van der Waals surface area contributed by atoms with Crippen LogP contribution in [0.3, 0.4) is 0 Å². The molecule has 0 aromatic rings. The van der Waals surface area contributed by atoms with Crippen LogP contribution in [0.1, 0.15) is 13.8 Å². The van der Waals surface area contributed by atoms with Crippen molar-refractivity contribution in [1.29, 1.82) is 0 Å². The van der Waals surface area contributed by atoms with E-state index in [2.05, 4.69) is 0 Å². The van der Waals surface area contributed by atoms with E-state index in [1.165, 1.54) is 0 Å². The molecule has 2 heterocycles. The van der Waals surface area contributed by atoms with Crippen molar-refractivity contribution in [3.8, 4) is 0 Å². The number of fused-ring (bicyclic) bond motifs is 2. The van der Waals surface area contributed by atoms with E-state index in [4.69, 9.17) is 4.74 Å². The summed E-state index contributed by atoms with van der Waals surface area (Å²) in [5.41, 5.74) is 0. The first-order valence-electron chi connectivity index (χ1n) is 4.21. The topological polar surface area (TPSA) is 46.5 Å². The van der Waals surface area contributed by atoms with E-state index in [1.54, 1.807) is 13.0 Å². The lowest BCUT2D eigenvalue weighted by atomic mass is 9.88. The van der Waals surface area contributed by atoms with Gasteiger partial charge >= 0.3 is 0 Å². The largest absolute Gasteiger partial charge is 0.510 e. The average Bonchev–Trinajstić information content (AvgIpc) is 2.39. The fourth-order valence-corrected chi connectivity index (χ4v) is 1.90. The molecule has 2 bridgehead atoms. The van der Waals surface area contributed by atoms with Crippen molar-refractivity contribution in [3.63, 3.8) is 0 Å². The molecule has 0 aromatic heterocycles. The average molecular weight is 168 g/mol. The van der Waals surface area contributed by atoms with Gasteiger partial charge in [-0.3, -0.25) is 4.79 Å². The Morgan fingerprint density at radius 3 is 2.75 bits per heavy atom. The summed E-state index contributed by atoms with van der Waals surface area (Å²) in [5.74, 6) is 0.109. The number of carbonyl (C=O) groups excluding carboxylic acids is 1. The summed E-state index contributed by atoms with van der Waals surface area (Å²) in [6.45, 7) is 3.64. The van der Waals surface area contributed by atoms with Crippen LogP contribution in [0.2, 0.25) is 0 Å². The van der Waals surface area contributed by atoms with Gasteiger partial charge in [0.1, 0.15) is 17.6 Å². The number of hydrogen-bond donors (Lipinski definition) is 1. The quantitative estimate of drug-likeness (QED) is 0.588. The Morgan fingerprint density at radius 2 is 2.08 bits per heavy atom. The van der Waals surface area contributed by atoms with Crippen molar-refractivity contribution in [3.05, 3.63) is 11.8 Å². The summed E-state index contributed by atoms with van der Waals surface area (Å²) in [5, 5.41) is 9.39. The molecule has 4 atom stereocenters. The van der Waals surface area contributed by atoms with Crippen LogP contribution in [0.4, 0.5) is 0 Å². The minimum atomic E-state index is -0.376. The van der Waals surface area contributed by atoms with Crippen LogP contribution in [0.5, 0.6) is 0 Å². The molecule has 2 aliphatic heterocycles. The molecule has 1 N–H and O–H groups in total. The van der Waals surface area contributed by atoms with Crippen LogP contribution < -0.4 is 0 Å². The molecule has 66 valence electrons. The minimum absolute atomic E-state index is 0.110. The van der Waals surface area contributed by atoms with Crippen LogP contribution in [0, 0.1) is 11.8 Å². The van der Waals surface area contributed by atoms with Gasteiger partial charge in [-0.2, -0.15) is 0 Å². The molecule has 0 aromatic carbocycles. The number of aliphatic hydroxyl groups excluding tert-OH is 1. The molecule has 0 radical (unpaired) electrons. The molecule has 2 rings (SSSR count). The summed E-state index contributed by atoms with van der Waals surface area (Å²) in [6, 6.07) is 0. The van der Waals surface area contributed by atoms with Gasteiger partial charge in [0.05, 0.1) is 6.10 Å². The third kappa shape index (κ3) is 0.829. The fraction of sp³-hybridized carbons (Fsp3) is 0.667. The molecule has 1 fully saturated rings. The Labute approximate surface area is 71.0 Å². The number of ketones is 1. The lowest BCUT2D eigenvalue weighted by Gasteiger charge is -2.30. The van der Waals surface area contributed by atoms with Crippen LogP contribution in [0.25, 0.3) is 0 Å². The highest BCUT2D eigenvalue weighted by Crippen LogP contribution is 2.35. The summed E-state index contributed by atoms with van der Waals surface area (Å²) in [6.07, 6.45) is 1.08. The molecular formula is C9H12O3. The molecule has 1 saturated heterocycles. The molecule has 0 saturated carbocycles. The van der Waals surface area contributed by atoms with Crippen LogP contribution >= 0.6 is 0 Å². The van der Waals surface area contributed by atoms with E-state index >= 15 is 0 Å². The maximum Gasteiger partial charge on any atom is 0.144 e. The molecule has 0 spiro atoms. The first-order valence-corrected chi connectivity index (χ1v) is 4.21. The van der Waals surface area contributed by atoms with Gasteiger partial charge in [-0.15, -0.1) is 0 Å². The molecule has 0 aliphatic carbocycles. The second kappa shape index (κ2) is 2.33. The van der Waals surface area contributed by atoms with E-state index < -0.39 is 0 Å². The van der Waals surface area contributed by atoms with Gasteiger partial charge in [-0.05, 0) is 6.08 Å². The van der Waals surface area contributed by atoms with Crippen molar-refractivity contribution in [2.45, 2.75) is 26.1 Å². The Kier molecular flexibility index (Phi) is 1.51. The summed E-state index contributed by atoms with van der Waals surface area (Å²) < 4.78 is 5.44. The number of ether oxygens (including phenoxy) is 1. The zero-order valence-electron chi connectivity index (χ0n) is 7.15. The predicted octanol–water partition coefficient (Wildman–Crippen LogP) is 1.05. The number of Topliss-reactive ketones (excluding diaryl/α,β-unsaturated/α-hetero) is 1. The zero-order chi connectivity index (χ0) is 8.88. The Hall–Kier alpha value is -0.830. The van der Waals surface area contributed by atoms with Crippen molar-refractivity contribution >= 4 is 5.78 Å². The lowest BCUT2D eigenvalue weighted by molar-refractivity contribution is -0.144. The molecular weight excluding hydrogens is 156 g/mol. The van der Waals surface area contributed by atoms with Gasteiger partial charge in [0.15, 0.2) is 0 Å². The molecule has 3 nitrogen and oxygen atoms in total. The van der Waals surface area contributed by atoms with E-state index in [0.717, 1.165) is 0 Å². The number of hydrogen-bond acceptors (Lipinski definition) is 3. The molecule has 12 heavy (non-hydrogen) atoms. The van der Waals surface area contributed by atoms with Crippen LogP contribution in [-0.2, 0) is 9.53 Å². The summed E-state index contributed by atoms with van der Waals surface area (Å²) >= 11 is 0. The number of carbonyl (C=O) groups is 1. The Balaban J connectivity index is 2.34. The maximum atomic E-state index is 11.5. The van der Waals surface area contributed by atoms with Gasteiger partial charge in [-0.25, -0.2) is 0 Å². The van der Waals surface area contributed by atoms with Crippen molar-refractivity contribution < 1.29 is 14.6 Å². The predicted molar refractivity (Wildman–Crippen MR) is 42.7 cm³/mol. The Bertz CT molecular complexity index is 256. The standard InChI is InChI=1S/C9H12O3/c1-4-7-3-6(10)9(12-7)5(2)8(4)11/h3-5,7,9-10H,1-2H3/t4-,5-,7+,9+/m1/s1. The monoisotopic (exact) mass is 168 g/mol. The van der Waals surface area contributed by atoms with Gasteiger partial charge in [0.2, 0.25) is 0 Å². The van der Waals surface area contributed by atoms with Crippen molar-refractivity contribution in [2.24, 2.45) is 11.8 Å². The SMILES string of the molecule is C[C@@H]1C(=O)[C@H](C)[C@@H]2C=C(O)[C@H]1O2. The second-order valence-electron chi connectivity index (χ2n) is 3.59. The van der Waals surface area contributed by atoms with Crippen LogP contribution in [0.15, 0.2) is 11.8 Å². The van der Waals surface area contributed by atoms with Crippen molar-refractivity contribution in [1.82, 2.24) is 0 Å². The number of aliphatic hydroxyl groups is 1. The highest BCUT2D eigenvalue weighted by atomic mass is 16.5. The van der Waals surface area contributed by atoms with Crippen LogP contribution in [-0.4, -0.2) is 23.1 Å². The first kappa shape index (κ1) is 7.80. The summed E-state index contributed by atoms with van der Waals surface area (Å²) in [4.78, 5) is 11.5. The molecule has 0 unspecified atom stereocenters. The normalized spacial score (nSPS) is 46.2. The zero-order valence-corrected chi connectivity index (χ0v) is 7.15. The van der Waals surface area contributed by atoms with Gasteiger partial charge < -0.3 is 9.84 Å². The minimum Gasteiger partial charge on any atom is -0.510 e. The summed E-state index contributed by atoms with van der Waals surface area (Å²) in [7, 11) is 0. The Morgan fingerprint density at radius 1 is 1.42 bits per heavy atom. The van der Waals surface area contributed by atoms with E-state index in [1.807, 2.05) is 6.92 Å². The highest BCUT2D eigenvalue weighted by Gasteiger charge is 2.45. The smallest absolute Gasteiger partial charge is 0.144 e. The van der Waals surface area contributed by atoms with Crippen molar-refractivity contribution in [2.75, 3.05) is 0 Å². The molecule has 2 aliphatic rings. The van der Waals surface area contributed by atoms with E-state index in [-0.39, 0.29) is 35.6 Å². The molecule has 3 heteroatoms. The lowest BCUT2D eigenvalue weighted by Crippen LogP contribution is -2.41. The number of rotatable bonds is 0. The maximum absolute atomic E-state index is 11.5. The fourth-order valence-electron chi connectivity index (χ4n) is 1.90. The third-order valence-electron chi connectivity index (χ3n) is 2.77. The third-order valence-corrected chi connectivity index (χ3v) is 2.77. The van der Waals surface area contributed by atoms with E-state index in [0.29, 0.717) is 0 Å². The second-order valence-corrected chi connectivity index (χ2v) is 3.59. The highest BCUT2D eigenvalue weighted by molar-refractivity contribution is 5.86. The van der Waals surface area contributed by atoms with E-state index in [9.17, 15) is 9.90 Å². The molecule has 0 amide bonds. The van der Waals surface area contributed by atoms with Gasteiger partial charge in [0, 0.05) is 11.8 Å². The van der Waals surface area contributed by atoms with Gasteiger partial charge in [-0.1, -0.05) is 13.8 Å².